The first kappa shape index (κ1) is 12.4. The molecule has 17 heavy (non-hydrogen) atoms. The monoisotopic (exact) mass is 251 g/mol. The predicted octanol–water partition coefficient (Wildman–Crippen LogP) is 2.95. The van der Waals surface area contributed by atoms with Gasteiger partial charge in [0.25, 0.3) is 0 Å². The normalized spacial score (nSPS) is 15.9. The minimum absolute atomic E-state index is 0.0268. The van der Waals surface area contributed by atoms with Crippen molar-refractivity contribution in [3.63, 3.8) is 0 Å². The fourth-order valence-electron chi connectivity index (χ4n) is 1.73. The molecule has 0 heterocycles. The first-order valence-corrected chi connectivity index (χ1v) is 9.13. The van der Waals surface area contributed by atoms with E-state index in [9.17, 15) is 4.79 Å². The Kier molecular flexibility index (Phi) is 4.37. The summed E-state index contributed by atoms with van der Waals surface area (Å²) in [6.45, 7) is 8.51. The van der Waals surface area contributed by atoms with Crippen LogP contribution in [0.3, 0.4) is 0 Å². The van der Waals surface area contributed by atoms with E-state index < -0.39 is 20.4 Å². The van der Waals surface area contributed by atoms with Crippen molar-refractivity contribution in [2.75, 3.05) is 6.61 Å². The molecule has 3 heteroatoms. The van der Waals surface area contributed by atoms with Crippen LogP contribution in [-0.4, -0.2) is 20.7 Å². The summed E-state index contributed by atoms with van der Waals surface area (Å²) in [5, 5.41) is 1.28. The van der Waals surface area contributed by atoms with E-state index in [0.29, 0.717) is 6.61 Å². The van der Waals surface area contributed by atoms with Gasteiger partial charge >= 0.3 is 5.97 Å². The zero-order valence-electron chi connectivity index (χ0n) is 12.1. The molecule has 1 aromatic rings. The molecule has 0 saturated heterocycles. The number of ether oxygens (including phenoxy) is 1. The fraction of sp³-hybridized carbons (Fsp3) is 0.500. The van der Waals surface area contributed by atoms with Crippen LogP contribution in [0.1, 0.15) is 21.6 Å². The topological polar surface area (TPSA) is 26.3 Å². The number of hydrogen-bond acceptors (Lipinski definition) is 2. The van der Waals surface area contributed by atoms with Crippen molar-refractivity contribution in [1.29, 1.82) is 0 Å². The van der Waals surface area contributed by atoms with Crippen LogP contribution in [0.15, 0.2) is 30.3 Å². The van der Waals surface area contributed by atoms with Crippen molar-refractivity contribution in [3.05, 3.63) is 30.3 Å². The van der Waals surface area contributed by atoms with Gasteiger partial charge in [-0.15, -0.1) is 0 Å². The minimum atomic E-state index is -1.83. The summed E-state index contributed by atoms with van der Waals surface area (Å²) in [7, 11) is -1.83. The average molecular weight is 251 g/mol. The molecule has 2 nitrogen and oxygen atoms in total. The standard InChI is InChI=1S/C14H22O2Si/c1-5-16-14(15)11-12(2)17(3,4)13-9-7-6-8-10-13/h6-10,12H,5,11H2,1-4H3/t12-/m1/s1/i11D/t11-,12+/m0. The van der Waals surface area contributed by atoms with E-state index in [2.05, 4.69) is 25.2 Å². The number of carbonyl (C=O) groups is 1. The van der Waals surface area contributed by atoms with Crippen molar-refractivity contribution in [2.45, 2.75) is 38.9 Å². The smallest absolute Gasteiger partial charge is 0.305 e. The van der Waals surface area contributed by atoms with Gasteiger partial charge in [-0.2, -0.15) is 0 Å². The van der Waals surface area contributed by atoms with Gasteiger partial charge in [0.15, 0.2) is 0 Å². The third-order valence-corrected chi connectivity index (χ3v) is 7.59. The molecule has 0 amide bonds. The number of carbonyl (C=O) groups excluding carboxylic acids is 1. The van der Waals surface area contributed by atoms with Crippen LogP contribution in [0.2, 0.25) is 18.6 Å². The van der Waals surface area contributed by atoms with Crippen molar-refractivity contribution in [1.82, 2.24) is 0 Å². The molecular formula is C14H22O2Si. The summed E-state index contributed by atoms with van der Waals surface area (Å²) in [6, 6.07) is 10.2. The van der Waals surface area contributed by atoms with Crippen molar-refractivity contribution in [3.8, 4) is 0 Å². The van der Waals surface area contributed by atoms with Gasteiger partial charge in [0.05, 0.1) is 14.7 Å². The Morgan fingerprint density at radius 2 is 2.00 bits per heavy atom. The number of esters is 1. The van der Waals surface area contributed by atoms with Gasteiger partial charge in [-0.05, 0) is 12.5 Å². The van der Waals surface area contributed by atoms with E-state index >= 15 is 0 Å². The first-order chi connectivity index (χ1) is 8.41. The number of benzene rings is 1. The van der Waals surface area contributed by atoms with E-state index in [0.717, 1.165) is 0 Å². The lowest BCUT2D eigenvalue weighted by Gasteiger charge is -2.29. The minimum Gasteiger partial charge on any atom is -0.466 e. The van der Waals surface area contributed by atoms with Crippen LogP contribution < -0.4 is 5.19 Å². The first-order valence-electron chi connectivity index (χ1n) is 6.63. The molecule has 94 valence electrons. The van der Waals surface area contributed by atoms with E-state index in [1.165, 1.54) is 5.19 Å². The molecule has 0 aliphatic rings. The van der Waals surface area contributed by atoms with Crippen molar-refractivity contribution >= 4 is 19.2 Å². The molecule has 0 bridgehead atoms. The van der Waals surface area contributed by atoms with E-state index in [-0.39, 0.29) is 5.54 Å². The molecule has 0 saturated carbocycles. The molecule has 2 atom stereocenters. The Hall–Kier alpha value is -1.09. The fourth-order valence-corrected chi connectivity index (χ4v) is 3.86. The van der Waals surface area contributed by atoms with Gasteiger partial charge < -0.3 is 4.74 Å². The second kappa shape index (κ2) is 6.01. The average Bonchev–Trinajstić information content (AvgIpc) is 2.38. The van der Waals surface area contributed by atoms with E-state index in [1.807, 2.05) is 25.1 Å². The molecule has 0 fully saturated rings. The van der Waals surface area contributed by atoms with Gasteiger partial charge in [0.2, 0.25) is 0 Å². The molecule has 0 spiro atoms. The summed E-state index contributed by atoms with van der Waals surface area (Å²) < 4.78 is 13.0. The molecular weight excluding hydrogens is 228 g/mol. The van der Waals surface area contributed by atoms with E-state index in [1.54, 1.807) is 6.92 Å². The third-order valence-electron chi connectivity index (χ3n) is 3.33. The Morgan fingerprint density at radius 3 is 2.53 bits per heavy atom. The lowest BCUT2D eigenvalue weighted by Crippen LogP contribution is -2.45. The largest absolute Gasteiger partial charge is 0.466 e. The second-order valence-corrected chi connectivity index (χ2v) is 9.73. The Bertz CT molecular complexity index is 392. The van der Waals surface area contributed by atoms with E-state index in [4.69, 9.17) is 6.11 Å². The lowest BCUT2D eigenvalue weighted by molar-refractivity contribution is -0.143. The quantitative estimate of drug-likeness (QED) is 0.594. The highest BCUT2D eigenvalue weighted by atomic mass is 28.3. The summed E-state index contributed by atoms with van der Waals surface area (Å²) >= 11 is 0. The van der Waals surface area contributed by atoms with Gasteiger partial charge in [0, 0.05) is 7.77 Å². The zero-order valence-corrected chi connectivity index (χ0v) is 12.1. The molecule has 0 aromatic heterocycles. The van der Waals surface area contributed by atoms with Crippen LogP contribution in [-0.2, 0) is 9.53 Å². The van der Waals surface area contributed by atoms with Gasteiger partial charge in [-0.3, -0.25) is 4.79 Å². The van der Waals surface area contributed by atoms with Gasteiger partial charge in [0.1, 0.15) is 0 Å². The third kappa shape index (κ3) is 3.70. The Balaban J connectivity index is 2.88. The summed E-state index contributed by atoms with van der Waals surface area (Å²) in [6.07, 6.45) is -0.785. The van der Waals surface area contributed by atoms with Crippen molar-refractivity contribution in [2.24, 2.45) is 0 Å². The predicted molar refractivity (Wildman–Crippen MR) is 74.2 cm³/mol. The highest BCUT2D eigenvalue weighted by Gasteiger charge is 2.31. The maximum Gasteiger partial charge on any atom is 0.305 e. The SMILES string of the molecule is [2H][C@H](C(=O)OCC)[C@@H](C)[Si](C)(C)c1ccccc1. The lowest BCUT2D eigenvalue weighted by atomic mass is 10.3. The molecule has 0 aliphatic heterocycles. The molecule has 1 aromatic carbocycles. The highest BCUT2D eigenvalue weighted by molar-refractivity contribution is 6.91. The molecule has 0 radical (unpaired) electrons. The van der Waals surface area contributed by atoms with Crippen LogP contribution in [0.5, 0.6) is 0 Å². The maximum absolute atomic E-state index is 11.7. The summed E-state index contributed by atoms with van der Waals surface area (Å²) in [5.74, 6) is -0.401. The Morgan fingerprint density at radius 1 is 1.41 bits per heavy atom. The van der Waals surface area contributed by atoms with Gasteiger partial charge in [-0.25, -0.2) is 0 Å². The van der Waals surface area contributed by atoms with Crippen LogP contribution in [0.4, 0.5) is 0 Å². The van der Waals surface area contributed by atoms with Crippen molar-refractivity contribution < 1.29 is 10.9 Å². The van der Waals surface area contributed by atoms with Crippen LogP contribution in [0, 0.1) is 0 Å². The maximum atomic E-state index is 11.7. The van der Waals surface area contributed by atoms with Gasteiger partial charge in [-0.1, -0.05) is 55.5 Å². The van der Waals surface area contributed by atoms with Crippen LogP contribution >= 0.6 is 0 Å². The molecule has 0 aliphatic carbocycles. The number of hydrogen-bond donors (Lipinski definition) is 0. The zero-order chi connectivity index (χ0) is 13.8. The molecule has 0 N–H and O–H groups in total. The number of rotatable bonds is 5. The second-order valence-electron chi connectivity index (χ2n) is 4.80. The molecule has 0 unspecified atom stereocenters. The van der Waals surface area contributed by atoms with Crippen LogP contribution in [0.25, 0.3) is 0 Å². The summed E-state index contributed by atoms with van der Waals surface area (Å²) in [4.78, 5) is 11.7. The molecule has 1 rings (SSSR count). The Labute approximate surface area is 106 Å². The highest BCUT2D eigenvalue weighted by Crippen LogP contribution is 2.25. The summed E-state index contributed by atoms with van der Waals surface area (Å²) in [5.41, 5.74) is 0.0268.